The minimum Gasteiger partial charge on any atom is -0.349 e. The number of aromatic nitrogens is 4. The van der Waals surface area contributed by atoms with Gasteiger partial charge in [-0.2, -0.15) is 10.2 Å². The second-order valence-corrected chi connectivity index (χ2v) is 6.36. The van der Waals surface area contributed by atoms with Crippen LogP contribution in [0.4, 0.5) is 0 Å². The molecule has 4 rings (SSSR count). The van der Waals surface area contributed by atoms with Crippen LogP contribution in [0.1, 0.15) is 36.6 Å². The van der Waals surface area contributed by atoms with Gasteiger partial charge in [0.1, 0.15) is 0 Å². The van der Waals surface area contributed by atoms with Gasteiger partial charge >= 0.3 is 0 Å². The molecule has 0 spiro atoms. The van der Waals surface area contributed by atoms with Crippen molar-refractivity contribution >= 4 is 16.8 Å². The smallest absolute Gasteiger partial charge is 0.222 e. The lowest BCUT2D eigenvalue weighted by Gasteiger charge is -2.23. The van der Waals surface area contributed by atoms with Crippen molar-refractivity contribution in [1.29, 1.82) is 0 Å². The molecule has 0 saturated carbocycles. The molecule has 1 N–H and O–H groups in total. The summed E-state index contributed by atoms with van der Waals surface area (Å²) in [6.07, 6.45) is 7.27. The van der Waals surface area contributed by atoms with E-state index in [-0.39, 0.29) is 11.9 Å². The van der Waals surface area contributed by atoms with Crippen molar-refractivity contribution in [1.82, 2.24) is 24.9 Å². The molecule has 2 aromatic heterocycles. The Balaban J connectivity index is 1.41. The molecule has 24 heavy (non-hydrogen) atoms. The van der Waals surface area contributed by atoms with E-state index in [0.29, 0.717) is 13.0 Å². The summed E-state index contributed by atoms with van der Waals surface area (Å²) >= 11 is 0. The van der Waals surface area contributed by atoms with Crippen LogP contribution in [0.15, 0.2) is 36.7 Å². The molecular formula is C18H21N5O. The Hall–Kier alpha value is -2.63. The average Bonchev–Trinajstić information content (AvgIpc) is 3.18. The second kappa shape index (κ2) is 6.11. The predicted molar refractivity (Wildman–Crippen MR) is 91.4 cm³/mol. The van der Waals surface area contributed by atoms with Gasteiger partial charge in [-0.3, -0.25) is 14.2 Å². The normalized spacial score (nSPS) is 17.0. The second-order valence-electron chi connectivity index (χ2n) is 6.36. The van der Waals surface area contributed by atoms with Crippen molar-refractivity contribution in [3.63, 3.8) is 0 Å². The Labute approximate surface area is 140 Å². The Morgan fingerprint density at radius 2 is 2.17 bits per heavy atom. The molecule has 1 aromatic carbocycles. The molecule has 1 aliphatic carbocycles. The average molecular weight is 323 g/mol. The van der Waals surface area contributed by atoms with Crippen molar-refractivity contribution in [2.45, 2.75) is 38.3 Å². The number of hydrogen-bond acceptors (Lipinski definition) is 3. The number of benzene rings is 1. The third-order valence-electron chi connectivity index (χ3n) is 4.81. The molecule has 6 nitrogen and oxygen atoms in total. The number of fused-ring (bicyclic) bond motifs is 2. The summed E-state index contributed by atoms with van der Waals surface area (Å²) in [7, 11) is 1.96. The van der Waals surface area contributed by atoms with Crippen LogP contribution >= 0.6 is 0 Å². The van der Waals surface area contributed by atoms with Crippen LogP contribution in [0.2, 0.25) is 0 Å². The number of rotatable bonds is 4. The minimum absolute atomic E-state index is 0.0660. The van der Waals surface area contributed by atoms with E-state index in [4.69, 9.17) is 0 Å². The summed E-state index contributed by atoms with van der Waals surface area (Å²) in [5, 5.41) is 13.0. The lowest BCUT2D eigenvalue weighted by Crippen LogP contribution is -2.31. The summed E-state index contributed by atoms with van der Waals surface area (Å²) in [4.78, 5) is 12.4. The molecular weight excluding hydrogens is 302 g/mol. The highest BCUT2D eigenvalue weighted by Crippen LogP contribution is 2.29. The number of amides is 1. The first-order chi connectivity index (χ1) is 11.7. The zero-order valence-corrected chi connectivity index (χ0v) is 13.8. The van der Waals surface area contributed by atoms with Gasteiger partial charge in [-0.05, 0) is 25.3 Å². The third kappa shape index (κ3) is 2.68. The number of nitrogens with zero attached hydrogens (tertiary/aromatic N) is 4. The largest absolute Gasteiger partial charge is 0.349 e. The molecule has 3 aromatic rings. The van der Waals surface area contributed by atoms with Gasteiger partial charge in [0.15, 0.2) is 0 Å². The monoisotopic (exact) mass is 323 g/mol. The molecule has 0 aliphatic heterocycles. The first kappa shape index (κ1) is 14.9. The molecule has 0 radical (unpaired) electrons. The number of carbonyl (C=O) groups is 1. The standard InChI is InChI=1S/C18H21N5O/c1-22-17-8-4-6-15(14(17)12-19-22)21-18(24)9-10-23-16-7-3-2-5-13(16)11-20-23/h2-3,5,7,11-12,15H,4,6,8-10H2,1H3,(H,21,24)/t15-/m0/s1. The maximum atomic E-state index is 12.4. The van der Waals surface area contributed by atoms with Gasteiger partial charge in [0, 0.05) is 30.1 Å². The van der Waals surface area contributed by atoms with Crippen molar-refractivity contribution < 1.29 is 4.79 Å². The van der Waals surface area contributed by atoms with Crippen molar-refractivity contribution in [3.05, 3.63) is 47.9 Å². The van der Waals surface area contributed by atoms with Gasteiger partial charge in [-0.1, -0.05) is 18.2 Å². The van der Waals surface area contributed by atoms with E-state index in [0.717, 1.165) is 30.2 Å². The van der Waals surface area contributed by atoms with Crippen LogP contribution in [0.5, 0.6) is 0 Å². The Kier molecular flexibility index (Phi) is 3.80. The zero-order valence-electron chi connectivity index (χ0n) is 13.8. The Morgan fingerprint density at radius 1 is 1.29 bits per heavy atom. The Bertz CT molecular complexity index is 879. The summed E-state index contributed by atoms with van der Waals surface area (Å²) in [5.41, 5.74) is 3.48. The van der Waals surface area contributed by atoms with Crippen molar-refractivity contribution in [2.75, 3.05) is 0 Å². The summed E-state index contributed by atoms with van der Waals surface area (Å²) in [6.45, 7) is 0.589. The van der Waals surface area contributed by atoms with E-state index in [1.807, 2.05) is 53.1 Å². The molecule has 6 heteroatoms. The number of nitrogens with one attached hydrogen (secondary N) is 1. The van der Waals surface area contributed by atoms with Crippen LogP contribution in [-0.4, -0.2) is 25.5 Å². The third-order valence-corrected chi connectivity index (χ3v) is 4.81. The van der Waals surface area contributed by atoms with E-state index in [2.05, 4.69) is 15.5 Å². The van der Waals surface area contributed by atoms with Gasteiger partial charge in [0.2, 0.25) is 5.91 Å². The van der Waals surface area contributed by atoms with Gasteiger partial charge in [-0.15, -0.1) is 0 Å². The molecule has 0 bridgehead atoms. The van der Waals surface area contributed by atoms with Gasteiger partial charge in [-0.25, -0.2) is 0 Å². The zero-order chi connectivity index (χ0) is 16.5. The van der Waals surface area contributed by atoms with Gasteiger partial charge in [0.25, 0.3) is 0 Å². The molecule has 0 unspecified atom stereocenters. The van der Waals surface area contributed by atoms with E-state index in [9.17, 15) is 4.79 Å². The highest BCUT2D eigenvalue weighted by atomic mass is 16.1. The van der Waals surface area contributed by atoms with Gasteiger partial charge in [0.05, 0.1) is 30.5 Å². The highest BCUT2D eigenvalue weighted by molar-refractivity contribution is 5.79. The quantitative estimate of drug-likeness (QED) is 0.801. The number of para-hydroxylation sites is 1. The number of carbonyl (C=O) groups excluding carboxylic acids is 1. The van der Waals surface area contributed by atoms with Gasteiger partial charge < -0.3 is 5.32 Å². The summed E-state index contributed by atoms with van der Waals surface area (Å²) in [5.74, 6) is 0.0660. The molecule has 0 fully saturated rings. The number of aryl methyl sites for hydroxylation is 2. The van der Waals surface area contributed by atoms with Crippen molar-refractivity contribution in [3.8, 4) is 0 Å². The Morgan fingerprint density at radius 3 is 3.08 bits per heavy atom. The van der Waals surface area contributed by atoms with Crippen LogP contribution in [-0.2, 0) is 24.8 Å². The first-order valence-electron chi connectivity index (χ1n) is 8.43. The SMILES string of the molecule is Cn1ncc2c1CCC[C@@H]2NC(=O)CCn1ncc2ccccc21. The lowest BCUT2D eigenvalue weighted by molar-refractivity contribution is -0.122. The van der Waals surface area contributed by atoms with E-state index in [1.54, 1.807) is 0 Å². The fourth-order valence-corrected chi connectivity index (χ4v) is 3.53. The highest BCUT2D eigenvalue weighted by Gasteiger charge is 2.24. The fourth-order valence-electron chi connectivity index (χ4n) is 3.53. The number of hydrogen-bond donors (Lipinski definition) is 1. The topological polar surface area (TPSA) is 64.7 Å². The maximum Gasteiger partial charge on any atom is 0.222 e. The first-order valence-corrected chi connectivity index (χ1v) is 8.43. The van der Waals surface area contributed by atoms with Crippen LogP contribution in [0, 0.1) is 0 Å². The maximum absolute atomic E-state index is 12.4. The molecule has 2 heterocycles. The minimum atomic E-state index is 0.0660. The fraction of sp³-hybridized carbons (Fsp3) is 0.389. The lowest BCUT2D eigenvalue weighted by atomic mass is 9.93. The molecule has 124 valence electrons. The molecule has 1 atom stereocenters. The van der Waals surface area contributed by atoms with Crippen LogP contribution in [0.3, 0.4) is 0 Å². The molecule has 1 aliphatic rings. The molecule has 1 amide bonds. The van der Waals surface area contributed by atoms with Crippen LogP contribution in [0.25, 0.3) is 10.9 Å². The summed E-state index contributed by atoms with van der Waals surface area (Å²) < 4.78 is 3.81. The predicted octanol–water partition coefficient (Wildman–Crippen LogP) is 2.35. The van der Waals surface area contributed by atoms with Crippen molar-refractivity contribution in [2.24, 2.45) is 7.05 Å². The molecule has 0 saturated heterocycles. The summed E-state index contributed by atoms with van der Waals surface area (Å²) in [6, 6.07) is 8.14. The van der Waals surface area contributed by atoms with Crippen LogP contribution < -0.4 is 5.32 Å². The van der Waals surface area contributed by atoms with E-state index < -0.39 is 0 Å². The van der Waals surface area contributed by atoms with E-state index >= 15 is 0 Å². The van der Waals surface area contributed by atoms with E-state index in [1.165, 1.54) is 11.3 Å².